The fourth-order valence-corrected chi connectivity index (χ4v) is 1.19. The van der Waals surface area contributed by atoms with Crippen LogP contribution in [0.4, 0.5) is 17.3 Å². The predicted octanol–water partition coefficient (Wildman–Crippen LogP) is 4.67. The van der Waals surface area contributed by atoms with E-state index >= 15 is 0 Å². The quantitative estimate of drug-likeness (QED) is 0.482. The first-order valence-electron chi connectivity index (χ1n) is 5.18. The molecule has 101 valence electrons. The van der Waals surface area contributed by atoms with E-state index in [1.54, 1.807) is 0 Å². The summed E-state index contributed by atoms with van der Waals surface area (Å²) in [5.41, 5.74) is 1.32. The molecular weight excluding hydrogens is 287 g/mol. The van der Waals surface area contributed by atoms with Crippen molar-refractivity contribution in [2.24, 2.45) is 0 Å². The molecule has 0 heterocycles. The first-order valence-corrected chi connectivity index (χ1v) is 5.73. The number of hydrogen-bond donors (Lipinski definition) is 0. The predicted molar refractivity (Wildman–Crippen MR) is 63.2 cm³/mol. The van der Waals surface area contributed by atoms with Crippen LogP contribution in [0.15, 0.2) is 53.0 Å². The van der Waals surface area contributed by atoms with Gasteiger partial charge in [0, 0.05) is 0 Å². The van der Waals surface area contributed by atoms with Gasteiger partial charge in [-0.05, 0) is 6.92 Å². The van der Waals surface area contributed by atoms with Gasteiger partial charge in [0.05, 0.1) is 0 Å². The van der Waals surface area contributed by atoms with E-state index in [1.165, 1.54) is 10.0 Å². The molecule has 6 heteroatoms. The Morgan fingerprint density at radius 1 is 1.06 bits per heavy atom. The van der Waals surface area contributed by atoms with E-state index in [-0.39, 0.29) is 0 Å². The molecule has 0 bridgehead atoms. The second-order valence-electron chi connectivity index (χ2n) is 3.38. The molecule has 2 rings (SSSR count). The summed E-state index contributed by atoms with van der Waals surface area (Å²) in [6.45, 7) is 2.08. The summed E-state index contributed by atoms with van der Waals surface area (Å²) < 4.78 is 40.2. The van der Waals surface area contributed by atoms with Gasteiger partial charge < -0.3 is 17.3 Å². The third-order valence-electron chi connectivity index (χ3n) is 1.66. The fraction of sp³-hybridized carbons (Fsp3) is 0.167. The summed E-state index contributed by atoms with van der Waals surface area (Å²) in [5.74, 6) is 0. The van der Waals surface area contributed by atoms with Gasteiger partial charge in [-0.15, -0.1) is 0 Å². The molecule has 1 aliphatic rings. The molecule has 0 radical (unpaired) electrons. The van der Waals surface area contributed by atoms with Crippen molar-refractivity contribution in [3.8, 4) is 0 Å². The first kappa shape index (κ1) is 17.0. The molecule has 1 aliphatic carbocycles. The summed E-state index contributed by atoms with van der Waals surface area (Å²) in [4.78, 5) is 0. The molecule has 0 saturated carbocycles. The minimum atomic E-state index is -6.00. The van der Waals surface area contributed by atoms with Crippen LogP contribution in [0.25, 0.3) is 0 Å². The molecule has 0 fully saturated rings. The number of benzene rings is 1. The maximum absolute atomic E-state index is 9.75. The molecular formula is C12H13BF4Fe-. The van der Waals surface area contributed by atoms with Gasteiger partial charge in [0.25, 0.3) is 0 Å². The number of hydrogen-bond acceptors (Lipinski definition) is 0. The van der Waals surface area contributed by atoms with Crippen LogP contribution in [0.1, 0.15) is 12.0 Å². The Morgan fingerprint density at radius 2 is 1.56 bits per heavy atom. The Balaban J connectivity index is 0.000000245. The molecule has 0 atom stereocenters. The van der Waals surface area contributed by atoms with Gasteiger partial charge in [0.1, 0.15) is 0 Å². The normalized spacial score (nSPS) is 12.9. The molecule has 0 saturated heterocycles. The van der Waals surface area contributed by atoms with Crippen LogP contribution >= 0.6 is 0 Å². The number of allylic oxidation sites excluding steroid dienone is 4. The van der Waals surface area contributed by atoms with E-state index < -0.39 is 7.25 Å². The second kappa shape index (κ2) is 9.00. The van der Waals surface area contributed by atoms with Crippen molar-refractivity contribution in [1.82, 2.24) is 0 Å². The zero-order valence-electron chi connectivity index (χ0n) is 9.77. The van der Waals surface area contributed by atoms with Gasteiger partial charge in [0.15, 0.2) is 0 Å². The average molecular weight is 300 g/mol. The first-order chi connectivity index (χ1) is 8.29. The third-order valence-corrected chi connectivity index (χ3v) is 2.07. The summed E-state index contributed by atoms with van der Waals surface area (Å²) in [7, 11) is -6.00. The van der Waals surface area contributed by atoms with Crippen LogP contribution < -0.4 is 0 Å². The van der Waals surface area contributed by atoms with Crippen molar-refractivity contribution in [2.75, 3.05) is 0 Å². The van der Waals surface area contributed by atoms with E-state index in [0.29, 0.717) is 0 Å². The van der Waals surface area contributed by atoms with Crippen molar-refractivity contribution in [3.05, 3.63) is 58.6 Å². The van der Waals surface area contributed by atoms with Gasteiger partial charge in [0.2, 0.25) is 0 Å². The van der Waals surface area contributed by atoms with Crippen LogP contribution in [-0.4, -0.2) is 7.25 Å². The zero-order valence-corrected chi connectivity index (χ0v) is 10.9. The van der Waals surface area contributed by atoms with Gasteiger partial charge in [-0.3, -0.25) is 0 Å². The molecule has 0 spiro atoms. The SMILES string of the molecule is Cc1ccccc1.F[B-](F)(F)F.[Fe][C]1=CC=CC1. The van der Waals surface area contributed by atoms with Crippen molar-refractivity contribution in [2.45, 2.75) is 13.3 Å². The Hall–Kier alpha value is -0.996. The Labute approximate surface area is 113 Å². The minimum absolute atomic E-state index is 1.06. The average Bonchev–Trinajstić information content (AvgIpc) is 2.69. The van der Waals surface area contributed by atoms with Gasteiger partial charge in [-0.1, -0.05) is 35.9 Å². The number of aryl methyl sites for hydroxylation is 1. The van der Waals surface area contributed by atoms with Crippen LogP contribution in [0.3, 0.4) is 0 Å². The van der Waals surface area contributed by atoms with E-state index in [1.807, 2.05) is 30.4 Å². The van der Waals surface area contributed by atoms with Gasteiger partial charge >= 0.3 is 52.4 Å². The maximum atomic E-state index is 9.75. The zero-order chi connectivity index (χ0) is 14.0. The number of rotatable bonds is 0. The third kappa shape index (κ3) is 15.0. The van der Waals surface area contributed by atoms with Crippen LogP contribution in [0, 0.1) is 6.92 Å². The van der Waals surface area contributed by atoms with E-state index in [2.05, 4.69) is 41.1 Å². The topological polar surface area (TPSA) is 0 Å². The van der Waals surface area contributed by atoms with Crippen molar-refractivity contribution < 1.29 is 33.3 Å². The van der Waals surface area contributed by atoms with E-state index in [0.717, 1.165) is 6.42 Å². The summed E-state index contributed by atoms with van der Waals surface area (Å²) >= 11 is 3.74. The number of halogens is 4. The van der Waals surface area contributed by atoms with Gasteiger partial charge in [-0.2, -0.15) is 0 Å². The molecule has 0 aliphatic heterocycles. The monoisotopic (exact) mass is 300 g/mol. The van der Waals surface area contributed by atoms with E-state index in [9.17, 15) is 17.3 Å². The molecule has 0 amide bonds. The molecule has 0 unspecified atom stereocenters. The van der Waals surface area contributed by atoms with Crippen molar-refractivity contribution in [3.63, 3.8) is 0 Å². The van der Waals surface area contributed by atoms with Gasteiger partial charge in [-0.25, -0.2) is 0 Å². The fourth-order valence-electron chi connectivity index (χ4n) is 0.950. The summed E-state index contributed by atoms with van der Waals surface area (Å²) in [6, 6.07) is 10.3. The van der Waals surface area contributed by atoms with Crippen LogP contribution in [-0.2, 0) is 16.0 Å². The van der Waals surface area contributed by atoms with Crippen LogP contribution in [0.5, 0.6) is 0 Å². The summed E-state index contributed by atoms with van der Waals surface area (Å²) in [6.07, 6.45) is 7.21. The van der Waals surface area contributed by atoms with E-state index in [4.69, 9.17) is 0 Å². The van der Waals surface area contributed by atoms with Crippen molar-refractivity contribution in [1.29, 1.82) is 0 Å². The molecule has 18 heavy (non-hydrogen) atoms. The Kier molecular flexibility index (Phi) is 8.51. The summed E-state index contributed by atoms with van der Waals surface area (Å²) in [5, 5.41) is 0. The molecule has 1 aromatic rings. The van der Waals surface area contributed by atoms with Crippen molar-refractivity contribution >= 4 is 7.25 Å². The Morgan fingerprint density at radius 3 is 1.72 bits per heavy atom. The molecule has 1 aromatic carbocycles. The van der Waals surface area contributed by atoms with Crippen LogP contribution in [0.2, 0.25) is 0 Å². The molecule has 0 N–H and O–H groups in total. The molecule has 0 aromatic heterocycles. The standard InChI is InChI=1S/C7H8.C5H5.BF4.Fe/c1-7-5-3-2-4-6-7;1-2-4-5-3-1;2-1(3,4)5;/h2-6H,1H3;1-3H,4H2;;/q;;-1;. The Bertz CT molecular complexity index is 379. The molecule has 0 nitrogen and oxygen atoms in total. The second-order valence-corrected chi connectivity index (χ2v) is 4.09.